The van der Waals surface area contributed by atoms with E-state index in [0.29, 0.717) is 18.4 Å². The molecule has 0 bridgehead atoms. The van der Waals surface area contributed by atoms with E-state index in [-0.39, 0.29) is 28.9 Å². The van der Waals surface area contributed by atoms with Crippen LogP contribution in [-0.4, -0.2) is 43.9 Å². The van der Waals surface area contributed by atoms with E-state index in [4.69, 9.17) is 4.74 Å². The molecule has 1 saturated heterocycles. The summed E-state index contributed by atoms with van der Waals surface area (Å²) in [6.07, 6.45) is 1.37. The van der Waals surface area contributed by atoms with E-state index in [9.17, 15) is 18.5 Å². The van der Waals surface area contributed by atoms with Gasteiger partial charge in [-0.3, -0.25) is 10.1 Å². The summed E-state index contributed by atoms with van der Waals surface area (Å²) in [5.74, 6) is 0.147. The fraction of sp³-hybridized carbons (Fsp3) is 0.455. The van der Waals surface area contributed by atoms with Crippen LogP contribution in [0.4, 0.5) is 5.69 Å². The van der Waals surface area contributed by atoms with E-state index in [1.165, 1.54) is 23.5 Å². The molecule has 1 fully saturated rings. The Hall–Kier alpha value is -2.49. The standard InChI is InChI=1S/C20H25N3O5S.C2H6/c1-15-3-6-18(7-4-15)29(26,27)22(17-9-11-21-12-10-17)14-16-5-8-20(28-2)19(13-16)23(24)25;1-2/h3-8,13,17,21H,9-12,14H2,1-2H3;1-2H3. The van der Waals surface area contributed by atoms with Crippen LogP contribution < -0.4 is 10.1 Å². The van der Waals surface area contributed by atoms with Crippen molar-refractivity contribution in [3.8, 4) is 5.75 Å². The lowest BCUT2D eigenvalue weighted by atomic mass is 10.1. The fourth-order valence-electron chi connectivity index (χ4n) is 3.51. The topological polar surface area (TPSA) is 102 Å². The van der Waals surface area contributed by atoms with Gasteiger partial charge in [0.05, 0.1) is 16.9 Å². The van der Waals surface area contributed by atoms with E-state index in [0.717, 1.165) is 18.7 Å². The van der Waals surface area contributed by atoms with Gasteiger partial charge >= 0.3 is 5.69 Å². The lowest BCUT2D eigenvalue weighted by Crippen LogP contribution is -2.45. The number of rotatable bonds is 7. The largest absolute Gasteiger partial charge is 0.490 e. The lowest BCUT2D eigenvalue weighted by molar-refractivity contribution is -0.385. The minimum absolute atomic E-state index is 0.0612. The van der Waals surface area contributed by atoms with Gasteiger partial charge in [-0.1, -0.05) is 37.6 Å². The summed E-state index contributed by atoms with van der Waals surface area (Å²) in [5, 5.41) is 14.6. The number of benzene rings is 2. The molecule has 1 N–H and O–H groups in total. The van der Waals surface area contributed by atoms with Crippen molar-refractivity contribution in [3.63, 3.8) is 0 Å². The van der Waals surface area contributed by atoms with Gasteiger partial charge in [0.15, 0.2) is 5.75 Å². The third-order valence-corrected chi connectivity index (χ3v) is 7.03. The molecule has 0 saturated carbocycles. The SMILES string of the molecule is CC.COc1ccc(CN(C2CCNCC2)S(=O)(=O)c2ccc(C)cc2)cc1[N+](=O)[O-]. The highest BCUT2D eigenvalue weighted by atomic mass is 32.2. The Bertz CT molecular complexity index is 971. The van der Waals surface area contributed by atoms with Gasteiger partial charge in [0.2, 0.25) is 10.0 Å². The summed E-state index contributed by atoms with van der Waals surface area (Å²) in [7, 11) is -2.39. The summed E-state index contributed by atoms with van der Waals surface area (Å²) in [4.78, 5) is 11.1. The number of aryl methyl sites for hydroxylation is 1. The molecule has 0 aromatic heterocycles. The monoisotopic (exact) mass is 449 g/mol. The maximum absolute atomic E-state index is 13.4. The molecule has 0 radical (unpaired) electrons. The number of piperidine rings is 1. The van der Waals surface area contributed by atoms with Gasteiger partial charge in [0, 0.05) is 18.7 Å². The van der Waals surface area contributed by atoms with Crippen LogP contribution in [0.5, 0.6) is 5.75 Å². The quantitative estimate of drug-likeness (QED) is 0.508. The van der Waals surface area contributed by atoms with Crippen molar-refractivity contribution in [1.82, 2.24) is 9.62 Å². The Morgan fingerprint density at radius 3 is 2.29 bits per heavy atom. The van der Waals surface area contributed by atoms with Crippen LogP contribution in [0.2, 0.25) is 0 Å². The third-order valence-electron chi connectivity index (χ3n) is 5.12. The van der Waals surface area contributed by atoms with Crippen LogP contribution in [0, 0.1) is 17.0 Å². The van der Waals surface area contributed by atoms with Gasteiger partial charge < -0.3 is 10.1 Å². The Balaban J connectivity index is 0.00000166. The van der Waals surface area contributed by atoms with Crippen LogP contribution in [0.15, 0.2) is 47.4 Å². The van der Waals surface area contributed by atoms with Crippen LogP contribution in [0.1, 0.15) is 37.8 Å². The van der Waals surface area contributed by atoms with Gasteiger partial charge in [-0.25, -0.2) is 8.42 Å². The highest BCUT2D eigenvalue weighted by molar-refractivity contribution is 7.89. The predicted molar refractivity (Wildman–Crippen MR) is 121 cm³/mol. The predicted octanol–water partition coefficient (Wildman–Crippen LogP) is 3.88. The number of ether oxygens (including phenoxy) is 1. The van der Waals surface area contributed by atoms with Gasteiger partial charge in [-0.05, 0) is 56.6 Å². The van der Waals surface area contributed by atoms with Gasteiger partial charge in [-0.15, -0.1) is 0 Å². The Labute approximate surface area is 184 Å². The van der Waals surface area contributed by atoms with Crippen molar-refractivity contribution < 1.29 is 18.1 Å². The first kappa shape index (κ1) is 24.8. The van der Waals surface area contributed by atoms with Gasteiger partial charge in [-0.2, -0.15) is 4.31 Å². The molecular formula is C22H31N3O5S. The molecule has 0 unspecified atom stereocenters. The van der Waals surface area contributed by atoms with Crippen molar-refractivity contribution in [1.29, 1.82) is 0 Å². The molecule has 9 heteroatoms. The molecule has 0 amide bonds. The maximum Gasteiger partial charge on any atom is 0.311 e. The highest BCUT2D eigenvalue weighted by Gasteiger charge is 2.33. The van der Waals surface area contributed by atoms with Crippen LogP contribution in [0.25, 0.3) is 0 Å². The number of nitrogens with one attached hydrogen (secondary N) is 1. The molecule has 3 rings (SSSR count). The number of hydrogen-bond donors (Lipinski definition) is 1. The van der Waals surface area contributed by atoms with E-state index < -0.39 is 14.9 Å². The minimum atomic E-state index is -3.76. The summed E-state index contributed by atoms with van der Waals surface area (Å²) in [5.41, 5.74) is 1.35. The summed E-state index contributed by atoms with van der Waals surface area (Å²) in [6, 6.07) is 11.1. The number of methoxy groups -OCH3 is 1. The molecule has 1 aliphatic heterocycles. The van der Waals surface area contributed by atoms with E-state index in [1.807, 2.05) is 20.8 Å². The number of nitro groups is 1. The van der Waals surface area contributed by atoms with Crippen LogP contribution >= 0.6 is 0 Å². The second kappa shape index (κ2) is 11.2. The lowest BCUT2D eigenvalue weighted by Gasteiger charge is -2.34. The normalized spacial score (nSPS) is 14.6. The van der Waals surface area contributed by atoms with Crippen LogP contribution in [0.3, 0.4) is 0 Å². The molecule has 31 heavy (non-hydrogen) atoms. The zero-order valence-corrected chi connectivity index (χ0v) is 19.3. The molecule has 0 spiro atoms. The van der Waals surface area contributed by atoms with E-state index in [1.54, 1.807) is 30.3 Å². The third kappa shape index (κ3) is 6.03. The second-order valence-electron chi connectivity index (χ2n) is 7.11. The number of sulfonamides is 1. The molecule has 2 aromatic rings. The first-order chi connectivity index (χ1) is 14.8. The Kier molecular flexibility index (Phi) is 8.97. The Morgan fingerprint density at radius 2 is 1.74 bits per heavy atom. The molecule has 2 aromatic carbocycles. The second-order valence-corrected chi connectivity index (χ2v) is 9.00. The van der Waals surface area contributed by atoms with Crippen LogP contribution in [-0.2, 0) is 16.6 Å². The first-order valence-corrected chi connectivity index (χ1v) is 11.9. The van der Waals surface area contributed by atoms with E-state index in [2.05, 4.69) is 5.32 Å². The molecule has 170 valence electrons. The molecule has 0 aliphatic carbocycles. The molecule has 0 atom stereocenters. The van der Waals surface area contributed by atoms with Crippen molar-refractivity contribution in [3.05, 3.63) is 63.7 Å². The van der Waals surface area contributed by atoms with E-state index >= 15 is 0 Å². The molecule has 8 nitrogen and oxygen atoms in total. The minimum Gasteiger partial charge on any atom is -0.490 e. The zero-order chi connectivity index (χ0) is 23.0. The molecule has 1 heterocycles. The van der Waals surface area contributed by atoms with Crippen molar-refractivity contribution in [2.24, 2.45) is 0 Å². The van der Waals surface area contributed by atoms with Crippen molar-refractivity contribution >= 4 is 15.7 Å². The number of hydrogen-bond acceptors (Lipinski definition) is 6. The van der Waals surface area contributed by atoms with Crippen molar-refractivity contribution in [2.75, 3.05) is 20.2 Å². The fourth-order valence-corrected chi connectivity index (χ4v) is 5.18. The summed E-state index contributed by atoms with van der Waals surface area (Å²) < 4.78 is 33.4. The molecule has 1 aliphatic rings. The molecular weight excluding hydrogens is 418 g/mol. The van der Waals surface area contributed by atoms with Crippen molar-refractivity contribution in [2.45, 2.75) is 51.1 Å². The Morgan fingerprint density at radius 1 is 1.13 bits per heavy atom. The average molecular weight is 450 g/mol. The summed E-state index contributed by atoms with van der Waals surface area (Å²) in [6.45, 7) is 7.42. The first-order valence-electron chi connectivity index (χ1n) is 10.4. The number of nitro benzene ring substituents is 1. The number of nitrogens with zero attached hydrogens (tertiary/aromatic N) is 2. The average Bonchev–Trinajstić information content (AvgIpc) is 2.79. The maximum atomic E-state index is 13.4. The van der Waals surface area contributed by atoms with Gasteiger partial charge in [0.25, 0.3) is 0 Å². The van der Waals surface area contributed by atoms with Gasteiger partial charge in [0.1, 0.15) is 0 Å². The summed E-state index contributed by atoms with van der Waals surface area (Å²) >= 11 is 0. The zero-order valence-electron chi connectivity index (χ0n) is 18.5. The highest BCUT2D eigenvalue weighted by Crippen LogP contribution is 2.30. The smallest absolute Gasteiger partial charge is 0.311 e.